The van der Waals surface area contributed by atoms with Crippen LogP contribution in [0, 0.1) is 23.7 Å². The van der Waals surface area contributed by atoms with Gasteiger partial charge in [-0.3, -0.25) is 24.0 Å². The van der Waals surface area contributed by atoms with Crippen LogP contribution in [0.15, 0.2) is 253 Å². The van der Waals surface area contributed by atoms with Crippen molar-refractivity contribution in [2.45, 2.75) is 104 Å². The van der Waals surface area contributed by atoms with Gasteiger partial charge in [0, 0.05) is 102 Å². The highest BCUT2D eigenvalue weighted by Gasteiger charge is 2.63. The molecule has 2 aromatic heterocycles. The Labute approximate surface area is 631 Å². The number of benzene rings is 8. The summed E-state index contributed by atoms with van der Waals surface area (Å²) >= 11 is 0. The van der Waals surface area contributed by atoms with Crippen LogP contribution in [-0.2, 0) is 57.2 Å². The summed E-state index contributed by atoms with van der Waals surface area (Å²) in [5.41, 5.74) is 9.86. The number of aromatic nitrogens is 2. The molecule has 5 amide bonds. The molecule has 4 aliphatic carbocycles. The van der Waals surface area contributed by atoms with Gasteiger partial charge in [0.05, 0.1) is 58.3 Å². The summed E-state index contributed by atoms with van der Waals surface area (Å²) < 4.78 is 93.9. The lowest BCUT2D eigenvalue weighted by atomic mass is 10.0. The maximum absolute atomic E-state index is 14.1. The molecular formula is C84H82N8O15S2. The summed E-state index contributed by atoms with van der Waals surface area (Å²) in [6.07, 6.45) is 3.68. The summed E-state index contributed by atoms with van der Waals surface area (Å²) in [5, 5.41) is 10.1. The van der Waals surface area contributed by atoms with Crippen LogP contribution in [0.4, 0.5) is 0 Å². The fraction of sp³-hybridized carbons (Fsp3) is 0.250. The zero-order valence-electron chi connectivity index (χ0n) is 60.0. The normalized spacial score (nSPS) is 21.7. The van der Waals surface area contributed by atoms with E-state index in [-0.39, 0.29) is 54.6 Å². The van der Waals surface area contributed by atoms with Crippen molar-refractivity contribution in [2.24, 2.45) is 29.4 Å². The molecule has 8 aromatic carbocycles. The number of fused-ring (bicyclic) bond motifs is 2. The molecular weight excluding hydrogens is 1430 g/mol. The third-order valence-electron chi connectivity index (χ3n) is 20.1. The van der Waals surface area contributed by atoms with Crippen molar-refractivity contribution in [1.82, 2.24) is 35.4 Å². The summed E-state index contributed by atoms with van der Waals surface area (Å²) in [7, 11) is -5.50. The summed E-state index contributed by atoms with van der Waals surface area (Å²) in [6.45, 7) is 9.44. The van der Waals surface area contributed by atoms with Crippen molar-refractivity contribution >= 4 is 71.4 Å². The molecule has 4 aliphatic rings. The van der Waals surface area contributed by atoms with E-state index in [4.69, 9.17) is 44.1 Å². The Hall–Kier alpha value is -11.9. The lowest BCUT2D eigenvalue weighted by molar-refractivity contribution is -0.132. The Morgan fingerprint density at radius 3 is 1.32 bits per heavy atom. The average Bonchev–Trinajstić information content (AvgIpc) is 1.58. The number of nitrogens with zero attached hydrogens (tertiary/aromatic N) is 2. The Kier molecular flexibility index (Phi) is 22.3. The Morgan fingerprint density at radius 2 is 0.908 bits per heavy atom. The number of methoxy groups -OCH3 is 2. The Bertz CT molecular complexity index is 5320. The standard InChI is InChI=1S/C43H42N4O8S.C41H40N4O7S/c1-4-30-25-43(30,42(50)47-56(51,52)34-17-11-16-32(20-34)54-26-28-12-7-5-8-13-28)46-41(49)36-21-33(23-39(36)44-27(2)48)55-40-24-37(29-14-9-6-10-15-29)45-38-22-31(53-3)18-19-35(38)40;1-3-28-24-41(28,40(47)45-53(48,49)32-16-10-15-30(19-32)51-25-26-11-6-4-7-12-26)44-39(46)34-20-31(21-35(34)42)52-38-23-36(27-13-8-5-9-14-27)43-37-22-29(50-2)17-18-33(37)38/h4-20,22,24,30,33,36,39H,1,21,23,25-26H2,2-3H3,(H,44,48)(H,46,49)(H,47,50);3-19,22-23,28,31,34-35H,1,20-21,24-25,42H2,2H3,(H,44,46)(H,45,47)/t30-,33-,36-,39+,43-;28-,31-,34-,35+,41-/m11/s1. The van der Waals surface area contributed by atoms with Crippen LogP contribution < -0.4 is 59.5 Å². The second-order valence-corrected chi connectivity index (χ2v) is 30.9. The van der Waals surface area contributed by atoms with E-state index in [2.05, 4.69) is 38.6 Å². The Balaban J connectivity index is 0.000000192. The second kappa shape index (κ2) is 32.3. The SMILES string of the molecule is C=C[C@@H]1C[C@]1(NC(=O)[C@@H]1C[C@@H](Oc2cc(-c3ccccc3)nc3cc(OC)ccc23)C[C@@H]1N)C(=O)NS(=O)(=O)c1cccc(OCc2ccccc2)c1.C=C[C@@H]1C[C@]1(NC(=O)[C@@H]1C[C@@H](Oc2cc(-c3ccccc3)nc3cc(OC)ccc23)C[C@@H]1NC(C)=O)C(=O)NS(=O)(=O)c1cccc(OCc2ccccc2)c1. The van der Waals surface area contributed by atoms with E-state index in [1.165, 1.54) is 49.4 Å². The van der Waals surface area contributed by atoms with E-state index in [0.717, 1.165) is 38.7 Å². The lowest BCUT2D eigenvalue weighted by Crippen LogP contribution is -2.54. The second-order valence-electron chi connectivity index (χ2n) is 27.5. The zero-order chi connectivity index (χ0) is 76.6. The first-order chi connectivity index (χ1) is 52.6. The van der Waals surface area contributed by atoms with Crippen LogP contribution in [0.1, 0.15) is 56.6 Å². The molecule has 0 aliphatic heterocycles. The molecule has 4 fully saturated rings. The van der Waals surface area contributed by atoms with Gasteiger partial charge in [0.2, 0.25) is 17.7 Å². The van der Waals surface area contributed by atoms with Crippen LogP contribution in [0.5, 0.6) is 34.5 Å². The minimum Gasteiger partial charge on any atom is -0.497 e. The smallest absolute Gasteiger partial charge is 0.264 e. The van der Waals surface area contributed by atoms with Gasteiger partial charge in [-0.2, -0.15) is 0 Å². The van der Waals surface area contributed by atoms with Crippen LogP contribution in [0.2, 0.25) is 0 Å². The fourth-order valence-corrected chi connectivity index (χ4v) is 16.2. The molecule has 560 valence electrons. The fourth-order valence-electron chi connectivity index (χ4n) is 14.1. The van der Waals surface area contributed by atoms with Gasteiger partial charge < -0.3 is 50.1 Å². The van der Waals surface area contributed by atoms with E-state index < -0.39 is 103 Å². The molecule has 0 spiro atoms. The molecule has 7 N–H and O–H groups in total. The van der Waals surface area contributed by atoms with E-state index >= 15 is 0 Å². The summed E-state index contributed by atoms with van der Waals surface area (Å²) in [4.78, 5) is 77.2. The highest BCUT2D eigenvalue weighted by molar-refractivity contribution is 7.90. The van der Waals surface area contributed by atoms with Gasteiger partial charge in [0.1, 0.15) is 71.0 Å². The topological polar surface area (TPSA) is 321 Å². The number of nitrogens with one attached hydrogen (secondary N) is 5. The maximum atomic E-state index is 14.1. The first-order valence-corrected chi connectivity index (χ1v) is 38.5. The van der Waals surface area contributed by atoms with E-state index in [9.17, 15) is 40.8 Å². The highest BCUT2D eigenvalue weighted by atomic mass is 32.2. The molecule has 2 heterocycles. The van der Waals surface area contributed by atoms with Gasteiger partial charge >= 0.3 is 0 Å². The number of nitrogens with two attached hydrogens (primary N) is 1. The van der Waals surface area contributed by atoms with Crippen LogP contribution >= 0.6 is 0 Å². The van der Waals surface area contributed by atoms with Crippen molar-refractivity contribution in [2.75, 3.05) is 14.2 Å². The van der Waals surface area contributed by atoms with Gasteiger partial charge in [-0.05, 0) is 85.3 Å². The molecule has 0 saturated heterocycles. The first-order valence-electron chi connectivity index (χ1n) is 35.6. The highest BCUT2D eigenvalue weighted by Crippen LogP contribution is 2.48. The summed E-state index contributed by atoms with van der Waals surface area (Å²) in [5.74, 6) is -2.44. The number of hydrogen-bond donors (Lipinski definition) is 6. The third kappa shape index (κ3) is 17.2. The average molecular weight is 1510 g/mol. The molecule has 25 heteroatoms. The van der Waals surface area contributed by atoms with Crippen LogP contribution in [-0.4, -0.2) is 106 Å². The molecule has 23 nitrogen and oxygen atoms in total. The quantitative estimate of drug-likeness (QED) is 0.0261. The predicted molar refractivity (Wildman–Crippen MR) is 411 cm³/mol. The van der Waals surface area contributed by atoms with Crippen molar-refractivity contribution in [3.63, 3.8) is 0 Å². The summed E-state index contributed by atoms with van der Waals surface area (Å²) in [6, 6.07) is 63.6. The maximum Gasteiger partial charge on any atom is 0.264 e. The third-order valence-corrected chi connectivity index (χ3v) is 22.8. The number of hydrogen-bond acceptors (Lipinski definition) is 18. The molecule has 109 heavy (non-hydrogen) atoms. The molecule has 4 saturated carbocycles. The number of rotatable bonds is 27. The monoisotopic (exact) mass is 1510 g/mol. The Morgan fingerprint density at radius 1 is 0.495 bits per heavy atom. The minimum absolute atomic E-state index is 0.149. The van der Waals surface area contributed by atoms with Crippen LogP contribution in [0.3, 0.4) is 0 Å². The molecule has 0 unspecified atom stereocenters. The lowest BCUT2D eigenvalue weighted by Gasteiger charge is -2.24. The number of amides is 5. The predicted octanol–water partition coefficient (Wildman–Crippen LogP) is 11.3. The van der Waals surface area contributed by atoms with E-state index in [1.54, 1.807) is 32.4 Å². The largest absolute Gasteiger partial charge is 0.497 e. The zero-order valence-corrected chi connectivity index (χ0v) is 61.7. The number of sulfonamides is 2. The molecule has 14 rings (SSSR count). The number of carbonyl (C=O) groups excluding carboxylic acids is 5. The van der Waals surface area contributed by atoms with Crippen molar-refractivity contribution in [3.8, 4) is 57.0 Å². The van der Waals surface area contributed by atoms with Crippen molar-refractivity contribution in [1.29, 1.82) is 0 Å². The number of ether oxygens (including phenoxy) is 6. The van der Waals surface area contributed by atoms with Gasteiger partial charge in [-0.15, -0.1) is 13.2 Å². The van der Waals surface area contributed by atoms with E-state index in [1.807, 2.05) is 170 Å². The van der Waals surface area contributed by atoms with Crippen molar-refractivity contribution in [3.05, 3.63) is 255 Å². The van der Waals surface area contributed by atoms with Crippen molar-refractivity contribution < 1.29 is 69.2 Å². The number of carbonyl (C=O) groups is 5. The van der Waals surface area contributed by atoms with Gasteiger partial charge in [0.25, 0.3) is 31.9 Å². The van der Waals surface area contributed by atoms with E-state index in [0.29, 0.717) is 64.1 Å². The van der Waals surface area contributed by atoms with Crippen LogP contribution in [0.25, 0.3) is 44.3 Å². The molecule has 10 atom stereocenters. The minimum atomic E-state index is -4.37. The molecule has 0 bridgehead atoms. The first kappa shape index (κ1) is 75.3. The molecule has 10 aromatic rings. The van der Waals surface area contributed by atoms with Gasteiger partial charge in [-0.25, -0.2) is 36.2 Å². The molecule has 0 radical (unpaired) electrons. The van der Waals surface area contributed by atoms with Gasteiger partial charge in [-0.1, -0.05) is 146 Å². The van der Waals surface area contributed by atoms with Gasteiger partial charge in [0.15, 0.2) is 0 Å². The number of pyridine rings is 2.